The van der Waals surface area contributed by atoms with E-state index >= 15 is 0 Å². The van der Waals surface area contributed by atoms with E-state index < -0.39 is 10.2 Å². The Morgan fingerprint density at radius 3 is 2.68 bits per heavy atom. The maximum Gasteiger partial charge on any atom is 0.304 e. The Kier molecular flexibility index (Phi) is 4.75. The number of anilines is 1. The van der Waals surface area contributed by atoms with Gasteiger partial charge in [0.05, 0.1) is 24.3 Å². The van der Waals surface area contributed by atoms with Gasteiger partial charge in [0, 0.05) is 30.8 Å². The highest BCUT2D eigenvalue weighted by atomic mass is 79.9. The topological polar surface area (TPSA) is 98.1 Å². The second-order valence-electron chi connectivity index (χ2n) is 9.55. The van der Waals surface area contributed by atoms with E-state index in [0.717, 1.165) is 34.6 Å². The number of pyridine rings is 1. The molecule has 2 aromatic rings. The molecule has 0 amide bonds. The van der Waals surface area contributed by atoms with Gasteiger partial charge in [-0.25, -0.2) is 4.72 Å². The molecule has 0 radical (unpaired) electrons. The largest absolute Gasteiger partial charge is 0.492 e. The number of rotatable bonds is 6. The van der Waals surface area contributed by atoms with Gasteiger partial charge >= 0.3 is 10.2 Å². The minimum atomic E-state index is -3.72. The van der Waals surface area contributed by atoms with Crippen molar-refractivity contribution in [3.63, 3.8) is 0 Å². The van der Waals surface area contributed by atoms with Crippen molar-refractivity contribution in [1.82, 2.24) is 18.9 Å². The Labute approximate surface area is 189 Å². The molecule has 0 aromatic carbocycles. The van der Waals surface area contributed by atoms with Gasteiger partial charge in [-0.3, -0.25) is 4.40 Å². The molecule has 31 heavy (non-hydrogen) atoms. The molecule has 0 spiro atoms. The lowest BCUT2D eigenvalue weighted by atomic mass is 9.76. The third-order valence-corrected chi connectivity index (χ3v) is 9.75. The fourth-order valence-corrected chi connectivity index (χ4v) is 8.02. The van der Waals surface area contributed by atoms with E-state index in [2.05, 4.69) is 30.8 Å². The highest BCUT2D eigenvalue weighted by Gasteiger charge is 2.58. The fraction of sp³-hybridized carbons (Fsp3) is 0.700. The van der Waals surface area contributed by atoms with Crippen molar-refractivity contribution in [1.29, 1.82) is 0 Å². The number of ether oxygens (including phenoxy) is 2. The Hall–Kier alpha value is -1.43. The molecule has 5 fully saturated rings. The molecular weight excluding hydrogens is 486 g/mol. The van der Waals surface area contributed by atoms with Crippen molar-refractivity contribution < 1.29 is 17.9 Å². The van der Waals surface area contributed by atoms with Gasteiger partial charge in [-0.05, 0) is 65.8 Å². The molecule has 5 aliphatic rings. The average molecular weight is 512 g/mol. The summed E-state index contributed by atoms with van der Waals surface area (Å²) in [6.45, 7) is 2.15. The summed E-state index contributed by atoms with van der Waals surface area (Å²) in [5, 5.41) is 8.21. The second kappa shape index (κ2) is 7.29. The van der Waals surface area contributed by atoms with Crippen molar-refractivity contribution in [2.45, 2.75) is 32.1 Å². The third-order valence-electron chi connectivity index (χ3n) is 7.66. The van der Waals surface area contributed by atoms with Crippen molar-refractivity contribution in [3.8, 4) is 5.75 Å². The minimum Gasteiger partial charge on any atom is -0.492 e. The first-order valence-corrected chi connectivity index (χ1v) is 13.2. The highest BCUT2D eigenvalue weighted by Crippen LogP contribution is 2.65. The first-order valence-electron chi connectivity index (χ1n) is 10.9. The molecule has 7 rings (SSSR count). The summed E-state index contributed by atoms with van der Waals surface area (Å²) in [4.78, 5) is 0. The first-order chi connectivity index (χ1) is 14.9. The van der Waals surface area contributed by atoms with Gasteiger partial charge in [0.2, 0.25) is 5.95 Å². The maximum absolute atomic E-state index is 12.7. The van der Waals surface area contributed by atoms with E-state index in [0.29, 0.717) is 37.4 Å². The lowest BCUT2D eigenvalue weighted by molar-refractivity contribution is 0.0733. The van der Waals surface area contributed by atoms with Crippen LogP contribution >= 0.6 is 15.9 Å². The number of nitrogens with one attached hydrogen (secondary N) is 1. The molecule has 2 aromatic heterocycles. The third kappa shape index (κ3) is 3.44. The van der Waals surface area contributed by atoms with Gasteiger partial charge in [-0.2, -0.15) is 12.7 Å². The van der Waals surface area contributed by atoms with E-state index in [1.54, 1.807) is 10.6 Å². The molecule has 4 saturated carbocycles. The van der Waals surface area contributed by atoms with E-state index in [9.17, 15) is 8.42 Å². The van der Waals surface area contributed by atoms with Crippen LogP contribution < -0.4 is 9.46 Å². The van der Waals surface area contributed by atoms with Crippen LogP contribution in [0, 0.1) is 23.2 Å². The minimum absolute atomic E-state index is 0.152. The Morgan fingerprint density at radius 1 is 1.19 bits per heavy atom. The van der Waals surface area contributed by atoms with Gasteiger partial charge in [-0.1, -0.05) is 0 Å². The number of fused-ring (bicyclic) bond motifs is 1. The number of hydrogen-bond donors (Lipinski definition) is 1. The van der Waals surface area contributed by atoms with Crippen LogP contribution in [0.1, 0.15) is 32.1 Å². The second-order valence-corrected chi connectivity index (χ2v) is 12.1. The van der Waals surface area contributed by atoms with Gasteiger partial charge in [-0.15, -0.1) is 10.2 Å². The van der Waals surface area contributed by atoms with Crippen LogP contribution in [0.15, 0.2) is 16.7 Å². The molecule has 1 saturated heterocycles. The van der Waals surface area contributed by atoms with Crippen molar-refractivity contribution >= 4 is 37.7 Å². The summed E-state index contributed by atoms with van der Waals surface area (Å²) in [7, 11) is -3.72. The average Bonchev–Trinajstić information content (AvgIpc) is 3.32. The van der Waals surface area contributed by atoms with Crippen LogP contribution in [0.3, 0.4) is 0 Å². The molecule has 11 heteroatoms. The van der Waals surface area contributed by atoms with Crippen LogP contribution in [0.4, 0.5) is 5.95 Å². The molecule has 3 heterocycles. The quantitative estimate of drug-likeness (QED) is 0.640. The van der Waals surface area contributed by atoms with Crippen LogP contribution in [0.5, 0.6) is 5.75 Å². The van der Waals surface area contributed by atoms with Gasteiger partial charge in [0.25, 0.3) is 0 Å². The SMILES string of the molecule is O=S(=O)(Nc1nnc2cc(OCC34CC5CC(CC3C5)C4)c(Br)cn12)N1CCOCC1. The molecule has 9 nitrogen and oxygen atoms in total. The van der Waals surface area contributed by atoms with Crippen molar-refractivity contribution in [2.24, 2.45) is 23.2 Å². The van der Waals surface area contributed by atoms with Crippen molar-refractivity contribution in [3.05, 3.63) is 16.7 Å². The summed E-state index contributed by atoms with van der Waals surface area (Å²) in [5.74, 6) is 3.48. The molecule has 4 bridgehead atoms. The zero-order valence-corrected chi connectivity index (χ0v) is 19.6. The molecule has 1 aliphatic heterocycles. The summed E-state index contributed by atoms with van der Waals surface area (Å²) in [6, 6.07) is 1.82. The predicted octanol–water partition coefficient (Wildman–Crippen LogP) is 2.69. The normalized spacial score (nSPS) is 32.7. The fourth-order valence-electron chi connectivity index (χ4n) is 6.46. The molecule has 2 unspecified atom stereocenters. The van der Waals surface area contributed by atoms with Crippen LogP contribution in [0.25, 0.3) is 5.65 Å². The van der Waals surface area contributed by atoms with E-state index in [1.165, 1.54) is 36.4 Å². The molecule has 1 N–H and O–H groups in total. The number of morpholine rings is 1. The van der Waals surface area contributed by atoms with Crippen LogP contribution in [-0.2, 0) is 14.9 Å². The smallest absolute Gasteiger partial charge is 0.304 e. The van der Waals surface area contributed by atoms with Crippen LogP contribution in [-0.4, -0.2) is 60.2 Å². The Morgan fingerprint density at radius 2 is 1.94 bits per heavy atom. The number of hydrogen-bond acceptors (Lipinski definition) is 6. The molecule has 4 aliphatic carbocycles. The Bertz CT molecular complexity index is 1100. The standard InChI is InChI=1S/C20H26BrN5O4S/c21-16-11-26-18(22-23-19(26)24-31(27,28)25-1-3-29-4-2-25)8-17(16)30-12-20-9-13-5-14(10-20)7-15(20)6-13/h8,11,13-15H,1-7,9-10,12H2,(H,23,24). The molecule has 2 atom stereocenters. The van der Waals surface area contributed by atoms with Crippen molar-refractivity contribution in [2.75, 3.05) is 37.6 Å². The van der Waals surface area contributed by atoms with E-state index in [1.807, 2.05) is 6.07 Å². The molecule has 168 valence electrons. The number of nitrogens with zero attached hydrogens (tertiary/aromatic N) is 4. The summed E-state index contributed by atoms with van der Waals surface area (Å²) in [6.07, 6.45) is 8.52. The first kappa shape index (κ1) is 20.2. The lowest BCUT2D eigenvalue weighted by Gasteiger charge is -2.32. The highest BCUT2D eigenvalue weighted by molar-refractivity contribution is 9.10. The zero-order valence-electron chi connectivity index (χ0n) is 17.2. The van der Waals surface area contributed by atoms with E-state index in [4.69, 9.17) is 9.47 Å². The van der Waals surface area contributed by atoms with Gasteiger partial charge in [0.1, 0.15) is 5.75 Å². The Balaban J connectivity index is 1.21. The number of halogens is 1. The summed E-state index contributed by atoms with van der Waals surface area (Å²) < 4.78 is 43.2. The summed E-state index contributed by atoms with van der Waals surface area (Å²) in [5.41, 5.74) is 0.874. The number of aromatic nitrogens is 3. The van der Waals surface area contributed by atoms with Gasteiger partial charge in [0.15, 0.2) is 5.65 Å². The lowest BCUT2D eigenvalue weighted by Crippen LogP contribution is -2.43. The maximum atomic E-state index is 12.7. The van der Waals surface area contributed by atoms with E-state index in [-0.39, 0.29) is 5.95 Å². The predicted molar refractivity (Wildman–Crippen MR) is 117 cm³/mol. The molecular formula is C20H26BrN5O4S. The monoisotopic (exact) mass is 511 g/mol. The van der Waals surface area contributed by atoms with Crippen LogP contribution in [0.2, 0.25) is 0 Å². The van der Waals surface area contributed by atoms with Gasteiger partial charge < -0.3 is 9.47 Å². The zero-order chi connectivity index (χ0) is 21.2. The summed E-state index contributed by atoms with van der Waals surface area (Å²) >= 11 is 3.59.